The number of nitrogens with zero attached hydrogens (tertiary/aromatic N) is 2. The Balaban J connectivity index is 1.49. The van der Waals surface area contributed by atoms with Gasteiger partial charge in [0, 0.05) is 31.0 Å². The lowest BCUT2D eigenvalue weighted by molar-refractivity contribution is 0.551. The molecule has 0 bridgehead atoms. The first kappa shape index (κ1) is 11.0. The number of rotatable bonds is 7. The maximum atomic E-state index is 4.99. The van der Waals surface area contributed by atoms with Crippen LogP contribution in [0.3, 0.4) is 0 Å². The Morgan fingerprint density at radius 2 is 2.38 bits per heavy atom. The van der Waals surface area contributed by atoms with Gasteiger partial charge >= 0.3 is 0 Å². The van der Waals surface area contributed by atoms with Crippen LogP contribution in [0.25, 0.3) is 0 Å². The number of hydrogen-bond acceptors (Lipinski definition) is 3. The first-order valence-corrected chi connectivity index (χ1v) is 5.63. The summed E-state index contributed by atoms with van der Waals surface area (Å²) in [5.74, 6) is 0. The Hall–Kier alpha value is -1.55. The van der Waals surface area contributed by atoms with Crippen LogP contribution in [0.4, 0.5) is 0 Å². The molecule has 2 aromatic heterocycles. The summed E-state index contributed by atoms with van der Waals surface area (Å²) in [5, 5.41) is 3.38. The van der Waals surface area contributed by atoms with Crippen LogP contribution in [-0.4, -0.2) is 16.1 Å². The fourth-order valence-electron chi connectivity index (χ4n) is 1.59. The summed E-state index contributed by atoms with van der Waals surface area (Å²) >= 11 is 0. The smallest absolute Gasteiger partial charge is 0.0947 e. The minimum atomic E-state index is 0.890. The highest BCUT2D eigenvalue weighted by molar-refractivity contribution is 5.04. The molecule has 0 atom stereocenters. The van der Waals surface area contributed by atoms with Crippen molar-refractivity contribution in [2.24, 2.45) is 0 Å². The Morgan fingerprint density at radius 3 is 3.12 bits per heavy atom. The van der Waals surface area contributed by atoms with Gasteiger partial charge in [-0.15, -0.1) is 0 Å². The molecule has 4 heteroatoms. The fourth-order valence-corrected chi connectivity index (χ4v) is 1.59. The molecule has 0 aliphatic rings. The third-order valence-electron chi connectivity index (χ3n) is 2.49. The van der Waals surface area contributed by atoms with Crippen LogP contribution in [0.15, 0.2) is 41.7 Å². The van der Waals surface area contributed by atoms with Crippen LogP contribution < -0.4 is 5.32 Å². The van der Waals surface area contributed by atoms with Crippen LogP contribution in [0.5, 0.6) is 0 Å². The maximum absolute atomic E-state index is 4.99. The Kier molecular flexibility index (Phi) is 4.19. The summed E-state index contributed by atoms with van der Waals surface area (Å²) in [6.07, 6.45) is 11.5. The van der Waals surface area contributed by atoms with Crippen LogP contribution in [-0.2, 0) is 13.1 Å². The van der Waals surface area contributed by atoms with Gasteiger partial charge in [-0.2, -0.15) is 0 Å². The predicted molar refractivity (Wildman–Crippen MR) is 61.9 cm³/mol. The van der Waals surface area contributed by atoms with Gasteiger partial charge in [0.15, 0.2) is 0 Å². The molecule has 0 saturated heterocycles. The van der Waals surface area contributed by atoms with E-state index in [1.165, 1.54) is 18.4 Å². The zero-order valence-corrected chi connectivity index (χ0v) is 9.30. The normalized spacial score (nSPS) is 10.8. The molecule has 2 aromatic rings. The SMILES string of the molecule is c1cn(CCCCNCc2ccoc2)cn1. The van der Waals surface area contributed by atoms with Gasteiger partial charge < -0.3 is 14.3 Å². The molecule has 4 nitrogen and oxygen atoms in total. The van der Waals surface area contributed by atoms with E-state index in [2.05, 4.69) is 14.9 Å². The van der Waals surface area contributed by atoms with Crippen LogP contribution >= 0.6 is 0 Å². The standard InChI is InChI=1S/C12H17N3O/c1(2-6-15-7-5-14-11-15)4-13-9-12-3-8-16-10-12/h3,5,7-8,10-11,13H,1-2,4,6,9H2. The van der Waals surface area contributed by atoms with Gasteiger partial charge in [-0.05, 0) is 25.5 Å². The summed E-state index contributed by atoms with van der Waals surface area (Å²) < 4.78 is 7.10. The van der Waals surface area contributed by atoms with Crippen molar-refractivity contribution < 1.29 is 4.42 Å². The monoisotopic (exact) mass is 219 g/mol. The Bertz CT molecular complexity index is 329. The van der Waals surface area contributed by atoms with Crippen molar-refractivity contribution in [3.63, 3.8) is 0 Å². The molecule has 0 amide bonds. The highest BCUT2D eigenvalue weighted by Crippen LogP contribution is 1.99. The van der Waals surface area contributed by atoms with E-state index in [1.807, 2.05) is 24.8 Å². The van der Waals surface area contributed by atoms with E-state index in [0.717, 1.165) is 19.6 Å². The molecule has 86 valence electrons. The summed E-state index contributed by atoms with van der Waals surface area (Å²) in [4.78, 5) is 4.01. The lowest BCUT2D eigenvalue weighted by Crippen LogP contribution is -2.14. The second-order valence-electron chi connectivity index (χ2n) is 3.82. The molecule has 0 unspecified atom stereocenters. The van der Waals surface area contributed by atoms with Crippen molar-refractivity contribution in [3.8, 4) is 0 Å². The van der Waals surface area contributed by atoms with E-state index in [0.29, 0.717) is 0 Å². The number of nitrogens with one attached hydrogen (secondary N) is 1. The number of imidazole rings is 1. The average Bonchev–Trinajstić information content (AvgIpc) is 2.96. The zero-order valence-electron chi connectivity index (χ0n) is 9.30. The molecule has 2 rings (SSSR count). The van der Waals surface area contributed by atoms with Crippen LogP contribution in [0.1, 0.15) is 18.4 Å². The first-order chi connectivity index (χ1) is 7.95. The lowest BCUT2D eigenvalue weighted by atomic mass is 10.3. The number of unbranched alkanes of at least 4 members (excludes halogenated alkanes) is 1. The van der Waals surface area contributed by atoms with Crippen molar-refractivity contribution in [1.29, 1.82) is 0 Å². The van der Waals surface area contributed by atoms with E-state index in [1.54, 1.807) is 12.5 Å². The topological polar surface area (TPSA) is 43.0 Å². The van der Waals surface area contributed by atoms with Gasteiger partial charge in [0.2, 0.25) is 0 Å². The summed E-state index contributed by atoms with van der Waals surface area (Å²) in [7, 11) is 0. The second kappa shape index (κ2) is 6.12. The summed E-state index contributed by atoms with van der Waals surface area (Å²) in [5.41, 5.74) is 1.20. The fraction of sp³-hybridized carbons (Fsp3) is 0.417. The summed E-state index contributed by atoms with van der Waals surface area (Å²) in [6.45, 7) is 2.98. The molecular formula is C12H17N3O. The van der Waals surface area contributed by atoms with Gasteiger partial charge in [0.1, 0.15) is 0 Å². The predicted octanol–water partition coefficient (Wildman–Crippen LogP) is 2.05. The van der Waals surface area contributed by atoms with Gasteiger partial charge in [0.05, 0.1) is 18.9 Å². The molecule has 0 aliphatic carbocycles. The van der Waals surface area contributed by atoms with Crippen molar-refractivity contribution in [2.75, 3.05) is 6.54 Å². The zero-order chi connectivity index (χ0) is 11.1. The van der Waals surface area contributed by atoms with Crippen molar-refractivity contribution in [2.45, 2.75) is 25.9 Å². The second-order valence-corrected chi connectivity index (χ2v) is 3.82. The van der Waals surface area contributed by atoms with Gasteiger partial charge in [0.25, 0.3) is 0 Å². The maximum Gasteiger partial charge on any atom is 0.0947 e. The quantitative estimate of drug-likeness (QED) is 0.725. The number of aryl methyl sites for hydroxylation is 1. The molecule has 0 radical (unpaired) electrons. The number of hydrogen-bond donors (Lipinski definition) is 1. The third kappa shape index (κ3) is 3.55. The molecule has 16 heavy (non-hydrogen) atoms. The van der Waals surface area contributed by atoms with Crippen molar-refractivity contribution in [1.82, 2.24) is 14.9 Å². The lowest BCUT2D eigenvalue weighted by Gasteiger charge is -2.03. The van der Waals surface area contributed by atoms with Crippen LogP contribution in [0.2, 0.25) is 0 Å². The number of aromatic nitrogens is 2. The van der Waals surface area contributed by atoms with E-state index in [-0.39, 0.29) is 0 Å². The Morgan fingerprint density at radius 1 is 1.38 bits per heavy atom. The molecule has 2 heterocycles. The molecular weight excluding hydrogens is 202 g/mol. The van der Waals surface area contributed by atoms with E-state index in [9.17, 15) is 0 Å². The van der Waals surface area contributed by atoms with E-state index in [4.69, 9.17) is 4.42 Å². The first-order valence-electron chi connectivity index (χ1n) is 5.63. The molecule has 0 spiro atoms. The molecule has 1 N–H and O–H groups in total. The van der Waals surface area contributed by atoms with Gasteiger partial charge in [-0.3, -0.25) is 0 Å². The van der Waals surface area contributed by atoms with Crippen molar-refractivity contribution in [3.05, 3.63) is 42.9 Å². The summed E-state index contributed by atoms with van der Waals surface area (Å²) in [6, 6.07) is 1.98. The molecule has 0 aromatic carbocycles. The van der Waals surface area contributed by atoms with Crippen molar-refractivity contribution >= 4 is 0 Å². The third-order valence-corrected chi connectivity index (χ3v) is 2.49. The minimum Gasteiger partial charge on any atom is -0.472 e. The highest BCUT2D eigenvalue weighted by Gasteiger charge is 1.94. The number of furan rings is 1. The molecule has 0 saturated carbocycles. The average molecular weight is 219 g/mol. The Labute approximate surface area is 95.3 Å². The molecule has 0 aliphatic heterocycles. The van der Waals surface area contributed by atoms with Gasteiger partial charge in [-0.25, -0.2) is 4.98 Å². The minimum absolute atomic E-state index is 0.890. The van der Waals surface area contributed by atoms with E-state index < -0.39 is 0 Å². The van der Waals surface area contributed by atoms with Crippen LogP contribution in [0, 0.1) is 0 Å². The van der Waals surface area contributed by atoms with E-state index >= 15 is 0 Å². The van der Waals surface area contributed by atoms with Gasteiger partial charge in [-0.1, -0.05) is 0 Å². The molecule has 0 fully saturated rings. The largest absolute Gasteiger partial charge is 0.472 e. The highest BCUT2D eigenvalue weighted by atomic mass is 16.3.